The summed E-state index contributed by atoms with van der Waals surface area (Å²) in [6.45, 7) is 3.39. The first-order valence-electron chi connectivity index (χ1n) is 6.11. The predicted octanol–water partition coefficient (Wildman–Crippen LogP) is -0.480. The zero-order chi connectivity index (χ0) is 15.3. The minimum Gasteiger partial charge on any atom is -0.463 e. The number of rotatable bonds is 4. The Hall–Kier alpha value is -1.67. The van der Waals surface area contributed by atoms with Gasteiger partial charge in [-0.15, -0.1) is 0 Å². The largest absolute Gasteiger partial charge is 0.463 e. The molecule has 8 heteroatoms. The maximum absolute atomic E-state index is 11.1. The van der Waals surface area contributed by atoms with Gasteiger partial charge in [0.1, 0.15) is 18.8 Å². The lowest BCUT2D eigenvalue weighted by atomic mass is 10.0. The van der Waals surface area contributed by atoms with E-state index < -0.39 is 42.5 Å². The Morgan fingerprint density at radius 2 is 1.70 bits per heavy atom. The zero-order valence-corrected chi connectivity index (χ0v) is 11.5. The molecule has 0 aromatic carbocycles. The second-order valence-electron chi connectivity index (χ2n) is 4.39. The molecule has 1 unspecified atom stereocenters. The van der Waals surface area contributed by atoms with E-state index >= 15 is 0 Å². The van der Waals surface area contributed by atoms with Gasteiger partial charge >= 0.3 is 17.9 Å². The molecule has 114 valence electrons. The van der Waals surface area contributed by atoms with Gasteiger partial charge in [-0.1, -0.05) is 0 Å². The van der Waals surface area contributed by atoms with Crippen molar-refractivity contribution in [3.63, 3.8) is 0 Å². The van der Waals surface area contributed by atoms with Crippen molar-refractivity contribution in [3.8, 4) is 0 Å². The smallest absolute Gasteiger partial charge is 0.303 e. The molecule has 0 radical (unpaired) electrons. The highest BCUT2D eigenvalue weighted by Gasteiger charge is 2.43. The highest BCUT2D eigenvalue weighted by molar-refractivity contribution is 5.67. The zero-order valence-electron chi connectivity index (χ0n) is 11.5. The highest BCUT2D eigenvalue weighted by atomic mass is 16.7. The van der Waals surface area contributed by atoms with Crippen LogP contribution in [0.4, 0.5) is 0 Å². The molecule has 1 aliphatic rings. The number of carbonyl (C=O) groups is 3. The molecule has 0 spiro atoms. The second-order valence-corrected chi connectivity index (χ2v) is 4.39. The first-order chi connectivity index (χ1) is 9.29. The fraction of sp³-hybridized carbons (Fsp3) is 0.750. The summed E-state index contributed by atoms with van der Waals surface area (Å²) < 4.78 is 20.0. The third kappa shape index (κ3) is 5.14. The van der Waals surface area contributed by atoms with Gasteiger partial charge in [0.25, 0.3) is 0 Å². The van der Waals surface area contributed by atoms with Gasteiger partial charge in [-0.2, -0.15) is 0 Å². The van der Waals surface area contributed by atoms with Crippen molar-refractivity contribution < 1.29 is 38.4 Å². The van der Waals surface area contributed by atoms with Crippen molar-refractivity contribution >= 4 is 17.9 Å². The Balaban J connectivity index is 2.82. The summed E-state index contributed by atoms with van der Waals surface area (Å²) in [4.78, 5) is 33.0. The number of esters is 3. The van der Waals surface area contributed by atoms with Crippen LogP contribution in [0.2, 0.25) is 0 Å². The summed E-state index contributed by atoms with van der Waals surface area (Å²) in [6.07, 6.45) is -3.95. The quantitative estimate of drug-likeness (QED) is 0.546. The molecule has 4 atom stereocenters. The van der Waals surface area contributed by atoms with Crippen molar-refractivity contribution in [1.82, 2.24) is 0 Å². The van der Waals surface area contributed by atoms with E-state index in [4.69, 9.17) is 18.9 Å². The number of aliphatic hydroxyl groups excluding tert-OH is 1. The summed E-state index contributed by atoms with van der Waals surface area (Å²) in [5.41, 5.74) is 0. The van der Waals surface area contributed by atoms with Gasteiger partial charge in [-0.05, 0) is 0 Å². The maximum Gasteiger partial charge on any atom is 0.303 e. The van der Waals surface area contributed by atoms with Crippen LogP contribution in [-0.4, -0.2) is 54.2 Å². The molecule has 0 aromatic heterocycles. The Bertz CT molecular complexity index is 380. The highest BCUT2D eigenvalue weighted by Crippen LogP contribution is 2.25. The van der Waals surface area contributed by atoms with E-state index in [2.05, 4.69) is 0 Å². The molecule has 1 saturated heterocycles. The minimum atomic E-state index is -1.20. The number of carbonyl (C=O) groups excluding carboxylic acids is 3. The molecule has 0 saturated carbocycles. The number of hydrogen-bond acceptors (Lipinski definition) is 8. The van der Waals surface area contributed by atoms with Crippen LogP contribution in [0.1, 0.15) is 27.2 Å². The molecule has 0 aromatic rings. The van der Waals surface area contributed by atoms with Crippen molar-refractivity contribution in [3.05, 3.63) is 0 Å². The van der Waals surface area contributed by atoms with Crippen LogP contribution in [0.25, 0.3) is 0 Å². The predicted molar refractivity (Wildman–Crippen MR) is 63.2 cm³/mol. The molecule has 20 heavy (non-hydrogen) atoms. The van der Waals surface area contributed by atoms with Crippen molar-refractivity contribution in [2.75, 3.05) is 6.61 Å². The topological polar surface area (TPSA) is 108 Å². The van der Waals surface area contributed by atoms with Crippen LogP contribution in [-0.2, 0) is 33.3 Å². The van der Waals surface area contributed by atoms with Crippen molar-refractivity contribution in [1.29, 1.82) is 0 Å². The van der Waals surface area contributed by atoms with E-state index in [1.165, 1.54) is 20.8 Å². The van der Waals surface area contributed by atoms with Crippen LogP contribution in [0, 0.1) is 0 Å². The first-order valence-corrected chi connectivity index (χ1v) is 6.11. The van der Waals surface area contributed by atoms with Gasteiger partial charge in [-0.3, -0.25) is 14.4 Å². The van der Waals surface area contributed by atoms with Gasteiger partial charge in [-0.25, -0.2) is 0 Å². The van der Waals surface area contributed by atoms with Crippen LogP contribution >= 0.6 is 0 Å². The number of ether oxygens (including phenoxy) is 4. The molecule has 1 aliphatic heterocycles. The van der Waals surface area contributed by atoms with Crippen molar-refractivity contribution in [2.45, 2.75) is 51.8 Å². The number of aliphatic hydroxyl groups is 1. The standard InChI is InChI=1S/C12H18O8/c1-6(13)17-5-10-12(19-8(3)15)9(18-7(2)14)4-11(16)20-10/h9-12,16H,4-5H2,1-3H3/t9-,10?,11+,12-/m1/s1. The Morgan fingerprint density at radius 1 is 1.10 bits per heavy atom. The van der Waals surface area contributed by atoms with Crippen LogP contribution in [0.5, 0.6) is 0 Å². The molecular weight excluding hydrogens is 272 g/mol. The lowest BCUT2D eigenvalue weighted by Crippen LogP contribution is -2.53. The van der Waals surface area contributed by atoms with Gasteiger partial charge in [0.05, 0.1) is 0 Å². The van der Waals surface area contributed by atoms with Crippen LogP contribution < -0.4 is 0 Å². The monoisotopic (exact) mass is 290 g/mol. The minimum absolute atomic E-state index is 0.0336. The fourth-order valence-corrected chi connectivity index (χ4v) is 1.91. The Morgan fingerprint density at radius 3 is 2.20 bits per heavy atom. The average molecular weight is 290 g/mol. The SMILES string of the molecule is CC(=O)OCC1O[C@H](O)C[C@@H](OC(C)=O)[C@H]1OC(C)=O. The summed E-state index contributed by atoms with van der Waals surface area (Å²) >= 11 is 0. The van der Waals surface area contributed by atoms with Crippen LogP contribution in [0.15, 0.2) is 0 Å². The summed E-state index contributed by atoms with van der Waals surface area (Å²) in [5, 5.41) is 9.59. The molecule has 1 rings (SSSR count). The molecular formula is C12H18O8. The molecule has 0 amide bonds. The number of hydrogen-bond donors (Lipinski definition) is 1. The Labute approximate surface area is 115 Å². The third-order valence-electron chi connectivity index (χ3n) is 2.57. The maximum atomic E-state index is 11.1. The van der Waals surface area contributed by atoms with Crippen LogP contribution in [0.3, 0.4) is 0 Å². The van der Waals surface area contributed by atoms with Gasteiger partial charge in [0, 0.05) is 27.2 Å². The average Bonchev–Trinajstić information content (AvgIpc) is 2.28. The lowest BCUT2D eigenvalue weighted by molar-refractivity contribution is -0.252. The summed E-state index contributed by atoms with van der Waals surface area (Å²) in [7, 11) is 0. The molecule has 1 N–H and O–H groups in total. The normalized spacial score (nSPS) is 29.4. The Kier molecular flexibility index (Phi) is 5.90. The molecule has 1 fully saturated rings. The van der Waals surface area contributed by atoms with E-state index in [1.807, 2.05) is 0 Å². The first kappa shape index (κ1) is 16.4. The molecule has 8 nitrogen and oxygen atoms in total. The molecule has 0 bridgehead atoms. The van der Waals surface area contributed by atoms with Crippen molar-refractivity contribution in [2.24, 2.45) is 0 Å². The van der Waals surface area contributed by atoms with E-state index in [1.54, 1.807) is 0 Å². The molecule has 1 heterocycles. The summed E-state index contributed by atoms with van der Waals surface area (Å²) in [6, 6.07) is 0. The summed E-state index contributed by atoms with van der Waals surface area (Å²) in [5.74, 6) is -1.72. The fourth-order valence-electron chi connectivity index (χ4n) is 1.91. The van der Waals surface area contributed by atoms with Gasteiger partial charge in [0.15, 0.2) is 12.4 Å². The third-order valence-corrected chi connectivity index (χ3v) is 2.57. The van der Waals surface area contributed by atoms with E-state index in [9.17, 15) is 19.5 Å². The van der Waals surface area contributed by atoms with Gasteiger partial charge < -0.3 is 24.1 Å². The molecule has 0 aliphatic carbocycles. The second kappa shape index (κ2) is 7.20. The van der Waals surface area contributed by atoms with Gasteiger partial charge in [0.2, 0.25) is 0 Å². The lowest BCUT2D eigenvalue weighted by Gasteiger charge is -2.38. The van der Waals surface area contributed by atoms with E-state index in [0.29, 0.717) is 0 Å². The van der Waals surface area contributed by atoms with E-state index in [0.717, 1.165) is 0 Å². The van der Waals surface area contributed by atoms with E-state index in [-0.39, 0.29) is 13.0 Å².